The van der Waals surface area contributed by atoms with E-state index in [2.05, 4.69) is 40.9 Å². The van der Waals surface area contributed by atoms with Crippen molar-refractivity contribution in [3.05, 3.63) is 5.82 Å². The van der Waals surface area contributed by atoms with Gasteiger partial charge in [0.25, 0.3) is 0 Å². The molecule has 20 heavy (non-hydrogen) atoms. The maximum absolute atomic E-state index is 4.47. The first-order chi connectivity index (χ1) is 9.65. The van der Waals surface area contributed by atoms with Gasteiger partial charge < -0.3 is 9.88 Å². The molecule has 0 saturated heterocycles. The largest absolute Gasteiger partial charge is 0.315 e. The lowest BCUT2D eigenvalue weighted by Crippen LogP contribution is -2.26. The van der Waals surface area contributed by atoms with Crippen LogP contribution >= 0.6 is 11.8 Å². The second kappa shape index (κ2) is 6.06. The minimum Gasteiger partial charge on any atom is -0.315 e. The molecule has 1 N–H and O–H groups in total. The molecular formula is C15H26N4S. The number of aromatic nitrogens is 3. The van der Waals surface area contributed by atoms with E-state index in [1.165, 1.54) is 31.5 Å². The molecule has 1 heterocycles. The number of nitrogens with one attached hydrogen (secondary N) is 1. The van der Waals surface area contributed by atoms with Gasteiger partial charge in [0.2, 0.25) is 0 Å². The van der Waals surface area contributed by atoms with Crippen LogP contribution in [0.4, 0.5) is 0 Å². The highest BCUT2D eigenvalue weighted by Gasteiger charge is 2.36. The summed E-state index contributed by atoms with van der Waals surface area (Å²) in [6.07, 6.45) is 5.23. The lowest BCUT2D eigenvalue weighted by atomic mass is 10.2. The molecule has 1 aromatic heterocycles. The van der Waals surface area contributed by atoms with Gasteiger partial charge >= 0.3 is 0 Å². The van der Waals surface area contributed by atoms with E-state index in [0.717, 1.165) is 18.2 Å². The second-order valence-electron chi connectivity index (χ2n) is 6.70. The second-order valence-corrected chi connectivity index (χ2v) is 8.10. The first kappa shape index (κ1) is 14.4. The molecule has 0 amide bonds. The molecule has 0 aliphatic heterocycles. The van der Waals surface area contributed by atoms with Crippen molar-refractivity contribution in [3.8, 4) is 0 Å². The molecule has 0 bridgehead atoms. The Kier molecular flexibility index (Phi) is 4.36. The zero-order valence-electron chi connectivity index (χ0n) is 12.8. The molecule has 2 aliphatic carbocycles. The predicted molar refractivity (Wildman–Crippen MR) is 83.3 cm³/mol. The van der Waals surface area contributed by atoms with E-state index in [4.69, 9.17) is 0 Å². The van der Waals surface area contributed by atoms with Crippen molar-refractivity contribution < 1.29 is 0 Å². The lowest BCUT2D eigenvalue weighted by molar-refractivity contribution is 0.552. The Morgan fingerprint density at radius 1 is 1.15 bits per heavy atom. The van der Waals surface area contributed by atoms with E-state index in [1.807, 2.05) is 11.8 Å². The van der Waals surface area contributed by atoms with Crippen LogP contribution in [0.2, 0.25) is 0 Å². The third-order valence-electron chi connectivity index (χ3n) is 3.84. The fraction of sp³-hybridized carbons (Fsp3) is 0.867. The lowest BCUT2D eigenvalue weighted by Gasteiger charge is -2.14. The zero-order valence-corrected chi connectivity index (χ0v) is 13.6. The Labute approximate surface area is 126 Å². The Bertz CT molecular complexity index is 449. The van der Waals surface area contributed by atoms with Crippen molar-refractivity contribution in [2.24, 2.45) is 5.92 Å². The summed E-state index contributed by atoms with van der Waals surface area (Å²) in [6, 6.07) is 0.693. The topological polar surface area (TPSA) is 42.7 Å². The van der Waals surface area contributed by atoms with E-state index in [9.17, 15) is 0 Å². The molecule has 1 atom stereocenters. The SMILES string of the molecule is CC(C)CNCC(C)Sc1nnc(C2CC2)n1C1CC1. The molecule has 1 aromatic rings. The number of hydrogen-bond acceptors (Lipinski definition) is 4. The van der Waals surface area contributed by atoms with Crippen LogP contribution in [-0.2, 0) is 0 Å². The Balaban J connectivity index is 1.59. The van der Waals surface area contributed by atoms with Crippen molar-refractivity contribution in [3.63, 3.8) is 0 Å². The molecule has 3 rings (SSSR count). The summed E-state index contributed by atoms with van der Waals surface area (Å²) in [5.41, 5.74) is 0. The summed E-state index contributed by atoms with van der Waals surface area (Å²) in [7, 11) is 0. The van der Waals surface area contributed by atoms with Crippen LogP contribution in [0.1, 0.15) is 64.2 Å². The number of thioether (sulfide) groups is 1. The summed E-state index contributed by atoms with van der Waals surface area (Å²) in [6.45, 7) is 8.90. The van der Waals surface area contributed by atoms with Crippen LogP contribution in [0.15, 0.2) is 5.16 Å². The average molecular weight is 294 g/mol. The van der Waals surface area contributed by atoms with Crippen LogP contribution in [0.25, 0.3) is 0 Å². The van der Waals surface area contributed by atoms with Gasteiger partial charge in [-0.2, -0.15) is 0 Å². The predicted octanol–water partition coefficient (Wildman–Crippen LogP) is 3.22. The van der Waals surface area contributed by atoms with Gasteiger partial charge in [-0.15, -0.1) is 10.2 Å². The Morgan fingerprint density at radius 3 is 2.50 bits per heavy atom. The minimum absolute atomic E-state index is 0.544. The van der Waals surface area contributed by atoms with Gasteiger partial charge in [-0.25, -0.2) is 0 Å². The van der Waals surface area contributed by atoms with E-state index < -0.39 is 0 Å². The van der Waals surface area contributed by atoms with Crippen molar-refractivity contribution in [2.75, 3.05) is 13.1 Å². The molecule has 4 nitrogen and oxygen atoms in total. The average Bonchev–Trinajstić information content (AvgIpc) is 3.29. The standard InChI is InChI=1S/C15H26N4S/c1-10(2)8-16-9-11(3)20-15-18-17-14(12-4-5-12)19(15)13-6-7-13/h10-13,16H,4-9H2,1-3H3. The van der Waals surface area contributed by atoms with Crippen LogP contribution in [0.5, 0.6) is 0 Å². The van der Waals surface area contributed by atoms with Gasteiger partial charge in [-0.1, -0.05) is 32.5 Å². The molecule has 0 radical (unpaired) electrons. The fourth-order valence-corrected chi connectivity index (χ4v) is 3.47. The van der Waals surface area contributed by atoms with E-state index >= 15 is 0 Å². The van der Waals surface area contributed by atoms with Crippen molar-refractivity contribution >= 4 is 11.8 Å². The molecule has 2 fully saturated rings. The highest BCUT2D eigenvalue weighted by Crippen LogP contribution is 2.46. The summed E-state index contributed by atoms with van der Waals surface area (Å²) in [4.78, 5) is 0. The van der Waals surface area contributed by atoms with Gasteiger partial charge in [0.15, 0.2) is 5.16 Å². The van der Waals surface area contributed by atoms with Crippen LogP contribution in [0, 0.1) is 5.92 Å². The minimum atomic E-state index is 0.544. The van der Waals surface area contributed by atoms with Gasteiger partial charge in [0, 0.05) is 23.8 Å². The molecule has 0 spiro atoms. The van der Waals surface area contributed by atoms with Crippen molar-refractivity contribution in [2.45, 2.75) is 68.8 Å². The number of hydrogen-bond donors (Lipinski definition) is 1. The number of nitrogens with zero attached hydrogens (tertiary/aromatic N) is 3. The monoisotopic (exact) mass is 294 g/mol. The van der Waals surface area contributed by atoms with Crippen molar-refractivity contribution in [1.29, 1.82) is 0 Å². The maximum atomic E-state index is 4.47. The Hall–Kier alpha value is -0.550. The van der Waals surface area contributed by atoms with Crippen LogP contribution in [0.3, 0.4) is 0 Å². The van der Waals surface area contributed by atoms with Crippen LogP contribution in [-0.4, -0.2) is 33.1 Å². The van der Waals surface area contributed by atoms with Gasteiger partial charge in [0.1, 0.15) is 5.82 Å². The van der Waals surface area contributed by atoms with E-state index in [-0.39, 0.29) is 0 Å². The van der Waals surface area contributed by atoms with Crippen molar-refractivity contribution in [1.82, 2.24) is 20.1 Å². The maximum Gasteiger partial charge on any atom is 0.191 e. The van der Waals surface area contributed by atoms with E-state index in [0.29, 0.717) is 23.1 Å². The third-order valence-corrected chi connectivity index (χ3v) is 4.89. The van der Waals surface area contributed by atoms with Gasteiger partial charge in [-0.05, 0) is 38.1 Å². The summed E-state index contributed by atoms with van der Waals surface area (Å²) < 4.78 is 2.45. The summed E-state index contributed by atoms with van der Waals surface area (Å²) in [5, 5.41) is 14.2. The smallest absolute Gasteiger partial charge is 0.191 e. The first-order valence-electron chi connectivity index (χ1n) is 7.97. The third kappa shape index (κ3) is 3.55. The highest BCUT2D eigenvalue weighted by molar-refractivity contribution is 7.99. The molecule has 2 saturated carbocycles. The van der Waals surface area contributed by atoms with Gasteiger partial charge in [0.05, 0.1) is 0 Å². The quantitative estimate of drug-likeness (QED) is 0.748. The van der Waals surface area contributed by atoms with Crippen LogP contribution < -0.4 is 5.32 Å². The summed E-state index contributed by atoms with van der Waals surface area (Å²) in [5.74, 6) is 2.67. The van der Waals surface area contributed by atoms with E-state index in [1.54, 1.807) is 0 Å². The van der Waals surface area contributed by atoms with Gasteiger partial charge in [-0.3, -0.25) is 0 Å². The molecular weight excluding hydrogens is 268 g/mol. The zero-order chi connectivity index (χ0) is 14.1. The molecule has 1 unspecified atom stereocenters. The molecule has 2 aliphatic rings. The number of rotatable bonds is 8. The normalized spacial score (nSPS) is 20.6. The fourth-order valence-electron chi connectivity index (χ4n) is 2.46. The molecule has 112 valence electrons. The molecule has 0 aromatic carbocycles. The highest BCUT2D eigenvalue weighted by atomic mass is 32.2. The first-order valence-corrected chi connectivity index (χ1v) is 8.85. The molecule has 5 heteroatoms. The Morgan fingerprint density at radius 2 is 1.90 bits per heavy atom. The summed E-state index contributed by atoms with van der Waals surface area (Å²) >= 11 is 1.88.